The number of likely N-dealkylation sites (N-methyl/N-ethyl adjacent to an activating group) is 1. The van der Waals surface area contributed by atoms with Crippen LogP contribution in [0.5, 0.6) is 0 Å². The van der Waals surface area contributed by atoms with Crippen molar-refractivity contribution in [2.24, 2.45) is 13.0 Å². The molecule has 3 aliphatic rings. The topological polar surface area (TPSA) is 89.4 Å². The molecule has 276 valence electrons. The number of aromatic nitrogens is 4. The number of hydrogen-bond acceptors (Lipinski definition) is 9. The maximum atomic E-state index is 6.69. The number of fused-ring (bicyclic) bond motifs is 2. The molecule has 7 rings (SSSR count). The van der Waals surface area contributed by atoms with E-state index < -0.39 is 0 Å². The van der Waals surface area contributed by atoms with Crippen LogP contribution in [0, 0.1) is 5.92 Å². The summed E-state index contributed by atoms with van der Waals surface area (Å²) in [6, 6.07) is 12.8. The lowest BCUT2D eigenvalue weighted by Gasteiger charge is -2.35. The molecule has 11 heteroatoms. The van der Waals surface area contributed by atoms with Crippen molar-refractivity contribution in [1.29, 1.82) is 0 Å². The molecule has 2 unspecified atom stereocenters. The SMILES string of the molecule is C=C(CCC1=Cc2cc(Nc3nc(N4CCCC(CN(C)c5cccc6c(C7CCC(=C)NC7=C)nn(C)c56)C4)ncc3Cl)ccc2N(C)C1=C)NC. The van der Waals surface area contributed by atoms with Crippen LogP contribution in [0.15, 0.2) is 97.3 Å². The second kappa shape index (κ2) is 15.0. The minimum absolute atomic E-state index is 0.161. The number of rotatable bonds is 11. The van der Waals surface area contributed by atoms with Gasteiger partial charge < -0.3 is 30.7 Å². The van der Waals surface area contributed by atoms with Gasteiger partial charge in [0, 0.05) is 98.9 Å². The fourth-order valence-electron chi connectivity index (χ4n) is 8.01. The Morgan fingerprint density at radius 3 is 2.75 bits per heavy atom. The van der Waals surface area contributed by atoms with Gasteiger partial charge in [-0.15, -0.1) is 0 Å². The summed E-state index contributed by atoms with van der Waals surface area (Å²) >= 11 is 6.69. The van der Waals surface area contributed by atoms with E-state index in [0.29, 0.717) is 22.7 Å². The number of benzene rings is 2. The van der Waals surface area contributed by atoms with Crippen molar-refractivity contribution in [2.75, 3.05) is 60.8 Å². The van der Waals surface area contributed by atoms with Crippen LogP contribution in [0.1, 0.15) is 55.7 Å². The summed E-state index contributed by atoms with van der Waals surface area (Å²) in [5.74, 6) is 1.87. The van der Waals surface area contributed by atoms with E-state index in [-0.39, 0.29) is 5.92 Å². The third-order valence-electron chi connectivity index (χ3n) is 11.0. The number of halogens is 1. The molecule has 3 aliphatic heterocycles. The first kappa shape index (κ1) is 36.2. The van der Waals surface area contributed by atoms with Gasteiger partial charge in [0.15, 0.2) is 5.82 Å². The first-order chi connectivity index (χ1) is 25.5. The Bertz CT molecular complexity index is 2130. The summed E-state index contributed by atoms with van der Waals surface area (Å²) in [7, 11) is 8.20. The van der Waals surface area contributed by atoms with Gasteiger partial charge in [0.2, 0.25) is 5.95 Å². The van der Waals surface area contributed by atoms with Crippen molar-refractivity contribution in [2.45, 2.75) is 44.4 Å². The Morgan fingerprint density at radius 1 is 1.13 bits per heavy atom. The molecule has 2 aromatic carbocycles. The first-order valence-electron chi connectivity index (χ1n) is 18.5. The van der Waals surface area contributed by atoms with Gasteiger partial charge in [-0.3, -0.25) is 4.68 Å². The second-order valence-electron chi connectivity index (χ2n) is 14.7. The van der Waals surface area contributed by atoms with Crippen LogP contribution < -0.4 is 30.7 Å². The first-order valence-corrected chi connectivity index (χ1v) is 18.9. The Balaban J connectivity index is 1.05. The van der Waals surface area contributed by atoms with E-state index in [1.807, 2.05) is 18.8 Å². The lowest BCUT2D eigenvalue weighted by molar-refractivity contribution is 0.414. The van der Waals surface area contributed by atoms with Crippen LogP contribution in [0.25, 0.3) is 17.0 Å². The summed E-state index contributed by atoms with van der Waals surface area (Å²) < 4.78 is 2.03. The Labute approximate surface area is 318 Å². The molecule has 0 amide bonds. The number of allylic oxidation sites excluding steroid dienone is 4. The van der Waals surface area contributed by atoms with Crippen LogP contribution in [0.3, 0.4) is 0 Å². The van der Waals surface area contributed by atoms with E-state index in [9.17, 15) is 0 Å². The number of para-hydroxylation sites is 1. The van der Waals surface area contributed by atoms with Crippen LogP contribution in [0.2, 0.25) is 5.02 Å². The molecule has 3 N–H and O–H groups in total. The van der Waals surface area contributed by atoms with E-state index in [4.69, 9.17) is 21.7 Å². The number of aryl methyl sites for hydroxylation is 1. The average Bonchev–Trinajstić information content (AvgIpc) is 3.49. The summed E-state index contributed by atoms with van der Waals surface area (Å²) in [5, 5.41) is 16.7. The van der Waals surface area contributed by atoms with Crippen LogP contribution in [-0.4, -0.2) is 60.5 Å². The minimum Gasteiger partial charge on any atom is -0.392 e. The van der Waals surface area contributed by atoms with Crippen molar-refractivity contribution in [3.05, 3.63) is 114 Å². The van der Waals surface area contributed by atoms with Crippen molar-refractivity contribution < 1.29 is 0 Å². The smallest absolute Gasteiger partial charge is 0.227 e. The van der Waals surface area contributed by atoms with Crippen molar-refractivity contribution >= 4 is 57.4 Å². The Morgan fingerprint density at radius 2 is 1.96 bits per heavy atom. The Kier molecular flexibility index (Phi) is 10.2. The molecule has 2 atom stereocenters. The predicted molar refractivity (Wildman–Crippen MR) is 222 cm³/mol. The zero-order chi connectivity index (χ0) is 37.4. The lowest BCUT2D eigenvalue weighted by atomic mass is 9.90. The van der Waals surface area contributed by atoms with Gasteiger partial charge >= 0.3 is 0 Å². The highest BCUT2D eigenvalue weighted by molar-refractivity contribution is 6.32. The van der Waals surface area contributed by atoms with Crippen LogP contribution in [-0.2, 0) is 7.05 Å². The number of nitrogens with one attached hydrogen (secondary N) is 3. The molecular weight excluding hydrogens is 680 g/mol. The van der Waals surface area contributed by atoms with Gasteiger partial charge in [-0.05, 0) is 80.4 Å². The van der Waals surface area contributed by atoms with Crippen LogP contribution in [0.4, 0.5) is 28.8 Å². The summed E-state index contributed by atoms with van der Waals surface area (Å²) in [4.78, 5) is 16.5. The van der Waals surface area contributed by atoms with E-state index in [0.717, 1.165) is 109 Å². The fraction of sp³-hybridized carbons (Fsp3) is 0.357. The molecule has 4 aromatic rings. The Hall–Kier alpha value is -5.22. The van der Waals surface area contributed by atoms with Crippen molar-refractivity contribution in [1.82, 2.24) is 30.4 Å². The van der Waals surface area contributed by atoms with E-state index >= 15 is 0 Å². The van der Waals surface area contributed by atoms with Gasteiger partial charge in [0.05, 0.1) is 23.1 Å². The predicted octanol–water partition coefficient (Wildman–Crippen LogP) is 8.47. The quantitative estimate of drug-likeness (QED) is 0.141. The maximum Gasteiger partial charge on any atom is 0.227 e. The number of hydrogen-bond donors (Lipinski definition) is 3. The van der Waals surface area contributed by atoms with E-state index in [2.05, 4.69) is 119 Å². The maximum absolute atomic E-state index is 6.69. The third-order valence-corrected chi connectivity index (χ3v) is 11.3. The molecule has 2 saturated heterocycles. The van der Waals surface area contributed by atoms with Crippen molar-refractivity contribution in [3.8, 4) is 0 Å². The average molecular weight is 731 g/mol. The number of anilines is 5. The van der Waals surface area contributed by atoms with Gasteiger partial charge in [-0.2, -0.15) is 10.1 Å². The summed E-state index contributed by atoms with van der Waals surface area (Å²) in [6.07, 6.45) is 9.73. The van der Waals surface area contributed by atoms with E-state index in [1.54, 1.807) is 6.20 Å². The second-order valence-corrected chi connectivity index (χ2v) is 15.1. The number of piperidine rings is 2. The van der Waals surface area contributed by atoms with Gasteiger partial charge in [0.1, 0.15) is 5.02 Å². The molecule has 0 saturated carbocycles. The highest BCUT2D eigenvalue weighted by Gasteiger charge is 2.28. The molecule has 0 spiro atoms. The third kappa shape index (κ3) is 7.38. The highest BCUT2D eigenvalue weighted by atomic mass is 35.5. The largest absolute Gasteiger partial charge is 0.392 e. The minimum atomic E-state index is 0.161. The monoisotopic (exact) mass is 730 g/mol. The van der Waals surface area contributed by atoms with Gasteiger partial charge in [-0.25, -0.2) is 4.98 Å². The standard InChI is InChI=1S/C42H51ClN10/c1-26(44-5)14-16-31-21-32-22-33(17-19-37(32)51(7)29(31)4)47-41-36(43)23-45-42(48-41)53-20-10-11-30(25-53)24-50(6)38-13-9-12-35-39(49-52(8)40(35)38)34-18-15-27(2)46-28(34)3/h9,12-13,17,19,21-23,30,34,44,46H,1-4,10-11,14-16,18,20,24-25H2,5-8H3,(H,45,47,48). The normalized spacial score (nSPS) is 18.8. The summed E-state index contributed by atoms with van der Waals surface area (Å²) in [6.45, 7) is 19.5. The summed E-state index contributed by atoms with van der Waals surface area (Å²) in [5.41, 5.74) is 11.7. The zero-order valence-electron chi connectivity index (χ0n) is 31.5. The molecule has 0 aliphatic carbocycles. The molecule has 0 bridgehead atoms. The molecule has 0 radical (unpaired) electrons. The van der Waals surface area contributed by atoms with Gasteiger partial charge in [-0.1, -0.05) is 50.0 Å². The van der Waals surface area contributed by atoms with Crippen molar-refractivity contribution in [3.63, 3.8) is 0 Å². The molecule has 53 heavy (non-hydrogen) atoms. The molecular formula is C42H51ClN10. The van der Waals surface area contributed by atoms with E-state index in [1.165, 1.54) is 16.6 Å². The molecule has 5 heterocycles. The lowest BCUT2D eigenvalue weighted by Crippen LogP contribution is -2.41. The van der Waals surface area contributed by atoms with Crippen LogP contribution >= 0.6 is 11.6 Å². The molecule has 10 nitrogen and oxygen atoms in total. The highest BCUT2D eigenvalue weighted by Crippen LogP contribution is 2.40. The number of nitrogens with zero attached hydrogens (tertiary/aromatic N) is 7. The fourth-order valence-corrected chi connectivity index (χ4v) is 8.15. The molecule has 2 fully saturated rings. The molecule has 2 aromatic heterocycles. The van der Waals surface area contributed by atoms with Gasteiger partial charge in [0.25, 0.3) is 0 Å². The zero-order valence-corrected chi connectivity index (χ0v) is 32.2.